The highest BCUT2D eigenvalue weighted by molar-refractivity contribution is 5.71. The third-order valence-corrected chi connectivity index (χ3v) is 11.7. The van der Waals surface area contributed by atoms with Crippen LogP contribution in [0.1, 0.15) is 265 Å². The Kier molecular flexibility index (Phi) is 50.9. The van der Waals surface area contributed by atoms with Crippen molar-refractivity contribution in [3.05, 3.63) is 72.9 Å². The van der Waals surface area contributed by atoms with Crippen molar-refractivity contribution in [1.82, 2.24) is 0 Å². The predicted octanol–water partition coefficient (Wildman–Crippen LogP) is 18.2. The number of allylic oxidation sites excluding steroid dienone is 12. The Labute approximate surface area is 402 Å². The molecule has 0 aliphatic heterocycles. The quantitative estimate of drug-likeness (QED) is 0.0262. The summed E-state index contributed by atoms with van der Waals surface area (Å²) in [4.78, 5) is 38.0. The monoisotopic (exact) mass is 907 g/mol. The molecule has 0 spiro atoms. The van der Waals surface area contributed by atoms with Gasteiger partial charge in [0, 0.05) is 19.3 Å². The van der Waals surface area contributed by atoms with E-state index < -0.39 is 6.10 Å². The first-order valence-corrected chi connectivity index (χ1v) is 27.4. The highest BCUT2D eigenvalue weighted by Gasteiger charge is 2.19. The van der Waals surface area contributed by atoms with Crippen molar-refractivity contribution in [2.45, 2.75) is 271 Å². The average molecular weight is 907 g/mol. The van der Waals surface area contributed by atoms with Crippen molar-refractivity contribution in [3.63, 3.8) is 0 Å². The Bertz CT molecular complexity index is 1230. The number of unbranched alkanes of at least 4 members (excludes halogenated alkanes) is 26. The number of ether oxygens (including phenoxy) is 3. The van der Waals surface area contributed by atoms with Crippen LogP contribution in [-0.2, 0) is 28.6 Å². The molecule has 0 saturated heterocycles. The minimum atomic E-state index is -0.805. The summed E-state index contributed by atoms with van der Waals surface area (Å²) < 4.78 is 16.8. The first kappa shape index (κ1) is 61.9. The van der Waals surface area contributed by atoms with Crippen molar-refractivity contribution in [1.29, 1.82) is 0 Å². The number of carbonyl (C=O) groups excluding carboxylic acids is 3. The molecular weight excluding hydrogens is 805 g/mol. The number of esters is 3. The zero-order valence-corrected chi connectivity index (χ0v) is 42.7. The van der Waals surface area contributed by atoms with Crippen molar-refractivity contribution in [2.75, 3.05) is 13.2 Å². The van der Waals surface area contributed by atoms with Gasteiger partial charge in [-0.15, -0.1) is 0 Å². The first-order valence-electron chi connectivity index (χ1n) is 27.4. The van der Waals surface area contributed by atoms with Gasteiger partial charge in [0.1, 0.15) is 13.2 Å². The molecule has 1 atom stereocenters. The van der Waals surface area contributed by atoms with Crippen LogP contribution in [0.3, 0.4) is 0 Å². The molecule has 0 aliphatic carbocycles. The van der Waals surface area contributed by atoms with Gasteiger partial charge in [-0.05, 0) is 83.5 Å². The Morgan fingerprint density at radius 1 is 0.323 bits per heavy atom. The van der Waals surface area contributed by atoms with Crippen LogP contribution in [0, 0.1) is 0 Å². The minimum absolute atomic E-state index is 0.0972. The molecule has 0 saturated carbocycles. The molecule has 0 aromatic heterocycles. The van der Waals surface area contributed by atoms with Crippen molar-refractivity contribution in [3.8, 4) is 0 Å². The van der Waals surface area contributed by atoms with Gasteiger partial charge in [-0.2, -0.15) is 0 Å². The molecule has 0 radical (unpaired) electrons. The molecule has 374 valence electrons. The fourth-order valence-electron chi connectivity index (χ4n) is 7.59. The van der Waals surface area contributed by atoms with E-state index >= 15 is 0 Å². The van der Waals surface area contributed by atoms with Crippen molar-refractivity contribution >= 4 is 17.9 Å². The molecule has 0 rings (SSSR count). The highest BCUT2D eigenvalue weighted by Crippen LogP contribution is 2.15. The molecule has 0 N–H and O–H groups in total. The SMILES string of the molecule is CC/C=C\C/C=C\C/C=C\C/C=C\C/C=C\CCCC(=O)O[C@H](COC(=O)CCCCCCCCC/C=C\CCCCCCCC)COC(=O)CCCCCCCCCCCCCCC. The smallest absolute Gasteiger partial charge is 0.306 e. The fourth-order valence-corrected chi connectivity index (χ4v) is 7.59. The van der Waals surface area contributed by atoms with Crippen LogP contribution in [0.15, 0.2) is 72.9 Å². The second kappa shape index (κ2) is 53.5. The maximum Gasteiger partial charge on any atom is 0.306 e. The second-order valence-electron chi connectivity index (χ2n) is 18.1. The molecule has 6 heteroatoms. The average Bonchev–Trinajstić information content (AvgIpc) is 3.30. The van der Waals surface area contributed by atoms with E-state index in [1.54, 1.807) is 0 Å². The Balaban J connectivity index is 4.46. The molecule has 0 aliphatic rings. The maximum absolute atomic E-state index is 12.8. The molecule has 6 nitrogen and oxygen atoms in total. The van der Waals surface area contributed by atoms with Crippen LogP contribution in [0.4, 0.5) is 0 Å². The van der Waals surface area contributed by atoms with Gasteiger partial charge in [0.2, 0.25) is 0 Å². The second-order valence-corrected chi connectivity index (χ2v) is 18.1. The van der Waals surface area contributed by atoms with Gasteiger partial charge in [-0.1, -0.05) is 235 Å². The van der Waals surface area contributed by atoms with E-state index in [1.807, 2.05) is 0 Å². The molecule has 0 amide bonds. The molecule has 0 heterocycles. The third-order valence-electron chi connectivity index (χ3n) is 11.7. The van der Waals surface area contributed by atoms with Gasteiger partial charge < -0.3 is 14.2 Å². The minimum Gasteiger partial charge on any atom is -0.462 e. The fraction of sp³-hybridized carbons (Fsp3) is 0.746. The van der Waals surface area contributed by atoms with Crippen LogP contribution in [0.25, 0.3) is 0 Å². The lowest BCUT2D eigenvalue weighted by Gasteiger charge is -2.18. The Morgan fingerprint density at radius 3 is 1.00 bits per heavy atom. The largest absolute Gasteiger partial charge is 0.462 e. The Morgan fingerprint density at radius 2 is 0.615 bits per heavy atom. The molecule has 65 heavy (non-hydrogen) atoms. The summed E-state index contributed by atoms with van der Waals surface area (Å²) in [5, 5.41) is 0. The molecule has 0 aromatic rings. The predicted molar refractivity (Wildman–Crippen MR) is 279 cm³/mol. The van der Waals surface area contributed by atoms with Gasteiger partial charge in [0.05, 0.1) is 0 Å². The first-order chi connectivity index (χ1) is 32.0. The van der Waals surface area contributed by atoms with Crippen LogP contribution >= 0.6 is 0 Å². The number of hydrogen-bond donors (Lipinski definition) is 0. The van der Waals surface area contributed by atoms with E-state index in [9.17, 15) is 14.4 Å². The van der Waals surface area contributed by atoms with E-state index in [0.29, 0.717) is 19.3 Å². The summed E-state index contributed by atoms with van der Waals surface area (Å²) in [5.41, 5.74) is 0. The van der Waals surface area contributed by atoms with Gasteiger partial charge in [-0.25, -0.2) is 0 Å². The van der Waals surface area contributed by atoms with Gasteiger partial charge in [0.25, 0.3) is 0 Å². The van der Waals surface area contributed by atoms with Gasteiger partial charge >= 0.3 is 17.9 Å². The van der Waals surface area contributed by atoms with Crippen LogP contribution in [0.2, 0.25) is 0 Å². The van der Waals surface area contributed by atoms with E-state index in [1.165, 1.54) is 141 Å². The number of hydrogen-bond acceptors (Lipinski definition) is 6. The Hall–Kier alpha value is -3.15. The van der Waals surface area contributed by atoms with E-state index in [2.05, 4.69) is 93.7 Å². The van der Waals surface area contributed by atoms with Crippen LogP contribution in [-0.4, -0.2) is 37.2 Å². The van der Waals surface area contributed by atoms with Gasteiger partial charge in [-0.3, -0.25) is 14.4 Å². The van der Waals surface area contributed by atoms with Crippen molar-refractivity contribution in [2.24, 2.45) is 0 Å². The summed E-state index contributed by atoms with van der Waals surface area (Å²) in [6, 6.07) is 0. The lowest BCUT2D eigenvalue weighted by atomic mass is 10.0. The van der Waals surface area contributed by atoms with Crippen LogP contribution in [0.5, 0.6) is 0 Å². The normalized spacial score (nSPS) is 12.6. The molecule has 0 unspecified atom stereocenters. The number of carbonyl (C=O) groups is 3. The molecule has 0 fully saturated rings. The van der Waals surface area contributed by atoms with E-state index in [0.717, 1.165) is 77.0 Å². The van der Waals surface area contributed by atoms with Gasteiger partial charge in [0.15, 0.2) is 6.10 Å². The van der Waals surface area contributed by atoms with E-state index in [4.69, 9.17) is 14.2 Å². The lowest BCUT2D eigenvalue weighted by molar-refractivity contribution is -0.167. The lowest BCUT2D eigenvalue weighted by Crippen LogP contribution is -2.30. The molecule has 0 aromatic carbocycles. The summed E-state index contributed by atoms with van der Waals surface area (Å²) in [6.45, 7) is 6.48. The standard InChI is InChI=1S/C59H102O6/c1-4-7-10-13-16-19-22-25-27-29-31-34-37-40-43-46-49-52-58(61)64-55-56(54-63-57(60)51-48-45-42-39-36-33-24-21-18-15-12-9-6-3)65-59(62)53-50-47-44-41-38-35-32-30-28-26-23-20-17-14-11-8-5-2/h8,11,17,20,25-28,32,35,41,44,56H,4-7,9-10,12-16,18-19,21-24,29-31,33-34,36-40,42-43,45-55H2,1-3H3/b11-8-,20-17-,27-25-,28-26-,35-32-,44-41-/t56-/m0/s1. The zero-order chi connectivity index (χ0) is 47.2. The maximum atomic E-state index is 12.8. The molecule has 0 bridgehead atoms. The molecular formula is C59H102O6. The highest BCUT2D eigenvalue weighted by atomic mass is 16.6. The van der Waals surface area contributed by atoms with Crippen LogP contribution < -0.4 is 0 Å². The summed E-state index contributed by atoms with van der Waals surface area (Å²) in [7, 11) is 0. The third kappa shape index (κ3) is 51.7. The zero-order valence-electron chi connectivity index (χ0n) is 42.7. The summed E-state index contributed by atoms with van der Waals surface area (Å²) in [6.07, 6.45) is 67.5. The number of rotatable bonds is 49. The summed E-state index contributed by atoms with van der Waals surface area (Å²) >= 11 is 0. The van der Waals surface area contributed by atoms with Crippen molar-refractivity contribution < 1.29 is 28.6 Å². The topological polar surface area (TPSA) is 78.9 Å². The summed E-state index contributed by atoms with van der Waals surface area (Å²) in [5.74, 6) is -0.954. The van der Waals surface area contributed by atoms with E-state index in [-0.39, 0.29) is 37.5 Å².